The molecule has 4 aromatic rings. The van der Waals surface area contributed by atoms with Crippen LogP contribution in [0.25, 0.3) is 0 Å². The van der Waals surface area contributed by atoms with Gasteiger partial charge in [0.25, 0.3) is 21.8 Å². The average molecular weight is 608 g/mol. The maximum absolute atomic E-state index is 13.2. The average Bonchev–Trinajstić information content (AvgIpc) is 2.98. The standard InChI is InChI=1S/C31H30ClN3O6S/c1-20-8-12-23(13-9-20)35-42(38,39)29-19-22(11-14-25(29)32)30(36)34-26-7-5-4-6-24(26)31(37)33-17-16-21-10-15-27(40-2)28(18-21)41-3/h4-15,18-19,35H,16-17H2,1-3H3,(H,33,37)(H,34,36). The summed E-state index contributed by atoms with van der Waals surface area (Å²) in [6, 6.07) is 22.8. The van der Waals surface area contributed by atoms with Crippen LogP contribution in [0.15, 0.2) is 89.8 Å². The van der Waals surface area contributed by atoms with E-state index in [9.17, 15) is 18.0 Å². The molecule has 4 aromatic carbocycles. The van der Waals surface area contributed by atoms with Crippen molar-refractivity contribution in [2.75, 3.05) is 30.8 Å². The molecule has 3 N–H and O–H groups in total. The Hall–Kier alpha value is -4.54. The number of carbonyl (C=O) groups excluding carboxylic acids is 2. The largest absolute Gasteiger partial charge is 0.493 e. The number of hydrogen-bond donors (Lipinski definition) is 3. The van der Waals surface area contributed by atoms with E-state index in [-0.39, 0.29) is 32.6 Å². The van der Waals surface area contributed by atoms with Crippen LogP contribution in [0, 0.1) is 6.92 Å². The highest BCUT2D eigenvalue weighted by molar-refractivity contribution is 7.92. The third-order valence-electron chi connectivity index (χ3n) is 6.35. The van der Waals surface area contributed by atoms with Gasteiger partial charge in [-0.1, -0.05) is 47.5 Å². The van der Waals surface area contributed by atoms with Gasteiger partial charge in [-0.2, -0.15) is 0 Å². The van der Waals surface area contributed by atoms with E-state index in [0.717, 1.165) is 11.1 Å². The number of methoxy groups -OCH3 is 2. The van der Waals surface area contributed by atoms with Crippen LogP contribution in [0.5, 0.6) is 11.5 Å². The van der Waals surface area contributed by atoms with Gasteiger partial charge in [0.1, 0.15) is 4.90 Å². The second-order valence-electron chi connectivity index (χ2n) is 9.31. The Labute approximate surface area is 249 Å². The number of para-hydroxylation sites is 1. The van der Waals surface area contributed by atoms with E-state index in [4.69, 9.17) is 21.1 Å². The van der Waals surface area contributed by atoms with Gasteiger partial charge in [0.2, 0.25) is 0 Å². The summed E-state index contributed by atoms with van der Waals surface area (Å²) in [5.41, 5.74) is 2.84. The third kappa shape index (κ3) is 7.39. The molecule has 0 atom stereocenters. The molecule has 0 spiro atoms. The minimum absolute atomic E-state index is 0.0413. The SMILES string of the molecule is COc1ccc(CCNC(=O)c2ccccc2NC(=O)c2ccc(Cl)c(S(=O)(=O)Nc3ccc(C)cc3)c2)cc1OC. The summed E-state index contributed by atoms with van der Waals surface area (Å²) in [6.07, 6.45) is 0.541. The fourth-order valence-corrected chi connectivity index (χ4v) is 5.70. The lowest BCUT2D eigenvalue weighted by Gasteiger charge is -2.14. The van der Waals surface area contributed by atoms with Gasteiger partial charge in [0.15, 0.2) is 11.5 Å². The summed E-state index contributed by atoms with van der Waals surface area (Å²) in [4.78, 5) is 25.9. The first-order valence-corrected chi connectivity index (χ1v) is 14.8. The molecule has 0 unspecified atom stereocenters. The van der Waals surface area contributed by atoms with Crippen molar-refractivity contribution >= 4 is 44.8 Å². The molecule has 11 heteroatoms. The minimum Gasteiger partial charge on any atom is -0.493 e. The summed E-state index contributed by atoms with van der Waals surface area (Å²) in [6.45, 7) is 2.22. The monoisotopic (exact) mass is 607 g/mol. The molecule has 218 valence electrons. The van der Waals surface area contributed by atoms with E-state index < -0.39 is 15.9 Å². The van der Waals surface area contributed by atoms with E-state index in [1.807, 2.05) is 19.1 Å². The van der Waals surface area contributed by atoms with Gasteiger partial charge in [-0.15, -0.1) is 0 Å². The van der Waals surface area contributed by atoms with Gasteiger partial charge in [-0.25, -0.2) is 8.42 Å². The summed E-state index contributed by atoms with van der Waals surface area (Å²) < 4.78 is 39.2. The van der Waals surface area contributed by atoms with Gasteiger partial charge < -0.3 is 20.1 Å². The van der Waals surface area contributed by atoms with E-state index in [1.165, 1.54) is 18.2 Å². The molecule has 4 rings (SSSR count). The van der Waals surface area contributed by atoms with E-state index >= 15 is 0 Å². The number of carbonyl (C=O) groups is 2. The Balaban J connectivity index is 1.45. The Kier molecular flexibility index (Phi) is 9.72. The number of benzene rings is 4. The van der Waals surface area contributed by atoms with Crippen molar-refractivity contribution in [1.29, 1.82) is 0 Å². The minimum atomic E-state index is -4.09. The van der Waals surface area contributed by atoms with Crippen LogP contribution in [0.3, 0.4) is 0 Å². The van der Waals surface area contributed by atoms with Crippen molar-refractivity contribution in [1.82, 2.24) is 5.32 Å². The van der Waals surface area contributed by atoms with Gasteiger partial charge in [-0.05, 0) is 73.5 Å². The fourth-order valence-electron chi connectivity index (χ4n) is 4.12. The van der Waals surface area contributed by atoms with Crippen LogP contribution in [-0.4, -0.2) is 41.0 Å². The number of halogens is 1. The lowest BCUT2D eigenvalue weighted by atomic mass is 10.1. The first-order chi connectivity index (χ1) is 20.1. The normalized spacial score (nSPS) is 11.0. The van der Waals surface area contributed by atoms with Crippen LogP contribution in [-0.2, 0) is 16.4 Å². The van der Waals surface area contributed by atoms with Crippen LogP contribution in [0.2, 0.25) is 5.02 Å². The molecule has 2 amide bonds. The first kappa shape index (κ1) is 30.4. The zero-order valence-electron chi connectivity index (χ0n) is 23.2. The van der Waals surface area contributed by atoms with Crippen molar-refractivity contribution in [3.8, 4) is 11.5 Å². The van der Waals surface area contributed by atoms with Crippen LogP contribution in [0.1, 0.15) is 31.8 Å². The molecule has 0 saturated heterocycles. The molecular formula is C31H30ClN3O6S. The third-order valence-corrected chi connectivity index (χ3v) is 8.22. The smallest absolute Gasteiger partial charge is 0.263 e. The number of hydrogen-bond acceptors (Lipinski definition) is 6. The highest BCUT2D eigenvalue weighted by Crippen LogP contribution is 2.28. The summed E-state index contributed by atoms with van der Waals surface area (Å²) >= 11 is 6.21. The summed E-state index contributed by atoms with van der Waals surface area (Å²) in [5, 5.41) is 5.53. The molecule has 0 radical (unpaired) electrons. The van der Waals surface area contributed by atoms with Crippen molar-refractivity contribution in [2.24, 2.45) is 0 Å². The van der Waals surface area contributed by atoms with Gasteiger partial charge in [0, 0.05) is 17.8 Å². The Morgan fingerprint density at radius 3 is 2.26 bits per heavy atom. The predicted octanol–water partition coefficient (Wildman–Crippen LogP) is 5.69. The van der Waals surface area contributed by atoms with Crippen LogP contribution >= 0.6 is 11.6 Å². The quantitative estimate of drug-likeness (QED) is 0.201. The number of sulfonamides is 1. The summed E-state index contributed by atoms with van der Waals surface area (Å²) in [5.74, 6) is 0.221. The molecule has 0 heterocycles. The molecule has 0 fully saturated rings. The molecule has 9 nitrogen and oxygen atoms in total. The molecule has 0 aromatic heterocycles. The lowest BCUT2D eigenvalue weighted by molar-refractivity contribution is 0.0955. The molecule has 0 bridgehead atoms. The number of ether oxygens (including phenoxy) is 2. The molecule has 0 aliphatic rings. The Morgan fingerprint density at radius 1 is 0.833 bits per heavy atom. The molecule has 0 aliphatic heterocycles. The van der Waals surface area contributed by atoms with Crippen molar-refractivity contribution in [3.63, 3.8) is 0 Å². The van der Waals surface area contributed by atoms with Gasteiger partial charge >= 0.3 is 0 Å². The molecule has 42 heavy (non-hydrogen) atoms. The number of nitrogens with one attached hydrogen (secondary N) is 3. The van der Waals surface area contributed by atoms with E-state index in [2.05, 4.69) is 15.4 Å². The van der Waals surface area contributed by atoms with Crippen molar-refractivity contribution < 1.29 is 27.5 Å². The second-order valence-corrected chi connectivity index (χ2v) is 11.4. The van der Waals surface area contributed by atoms with Gasteiger partial charge in [-0.3, -0.25) is 14.3 Å². The fraction of sp³-hybridized carbons (Fsp3) is 0.161. The number of rotatable bonds is 11. The Morgan fingerprint density at radius 2 is 1.55 bits per heavy atom. The maximum Gasteiger partial charge on any atom is 0.263 e. The number of aryl methyl sites for hydroxylation is 1. The van der Waals surface area contributed by atoms with Crippen molar-refractivity contribution in [3.05, 3.63) is 112 Å². The predicted molar refractivity (Wildman–Crippen MR) is 163 cm³/mol. The topological polar surface area (TPSA) is 123 Å². The van der Waals surface area contributed by atoms with E-state index in [0.29, 0.717) is 30.2 Å². The van der Waals surface area contributed by atoms with E-state index in [1.54, 1.807) is 68.8 Å². The zero-order chi connectivity index (χ0) is 30.3. The first-order valence-electron chi connectivity index (χ1n) is 12.9. The number of amides is 2. The maximum atomic E-state index is 13.2. The van der Waals surface area contributed by atoms with Gasteiger partial charge in [0.05, 0.1) is 30.5 Å². The van der Waals surface area contributed by atoms with Crippen molar-refractivity contribution in [2.45, 2.75) is 18.2 Å². The second kappa shape index (κ2) is 13.4. The molecule has 0 saturated carbocycles. The van der Waals surface area contributed by atoms with Crippen LogP contribution in [0.4, 0.5) is 11.4 Å². The highest BCUT2D eigenvalue weighted by Gasteiger charge is 2.21. The number of anilines is 2. The molecular weight excluding hydrogens is 578 g/mol. The Bertz CT molecular complexity index is 1710. The molecule has 0 aliphatic carbocycles. The summed E-state index contributed by atoms with van der Waals surface area (Å²) in [7, 11) is -0.973. The lowest BCUT2D eigenvalue weighted by Crippen LogP contribution is -2.27. The van der Waals surface area contributed by atoms with Crippen LogP contribution < -0.4 is 24.8 Å². The highest BCUT2D eigenvalue weighted by atomic mass is 35.5. The zero-order valence-corrected chi connectivity index (χ0v) is 24.8.